The van der Waals surface area contributed by atoms with Crippen molar-refractivity contribution >= 4 is 7.60 Å². The van der Waals surface area contributed by atoms with Gasteiger partial charge in [-0.25, -0.2) is 0 Å². The molecule has 0 aromatic rings. The summed E-state index contributed by atoms with van der Waals surface area (Å²) in [6.45, 7) is 2.47. The van der Waals surface area contributed by atoms with Gasteiger partial charge in [-0.15, -0.1) is 0 Å². The first-order chi connectivity index (χ1) is 6.12. The van der Waals surface area contributed by atoms with Crippen LogP contribution < -0.4 is 0 Å². The predicted molar refractivity (Wildman–Crippen MR) is 56.1 cm³/mol. The Morgan fingerprint density at radius 3 is 2.43 bits per heavy atom. The van der Waals surface area contributed by atoms with Gasteiger partial charge in [-0.2, -0.15) is 6.54 Å². The zero-order chi connectivity index (χ0) is 10.2. The Hall–Kier alpha value is 1.21. The van der Waals surface area contributed by atoms with Crippen molar-refractivity contribution in [1.29, 1.82) is 0 Å². The molecule has 0 saturated carbocycles. The zero-order valence-corrected chi connectivity index (χ0v) is 12.5. The quantitative estimate of drug-likeness (QED) is 0.553. The van der Waals surface area contributed by atoms with E-state index in [-0.39, 0.29) is 40.3 Å². The number of nitrogens with one attached hydrogen (secondary N) is 1. The van der Waals surface area contributed by atoms with Crippen molar-refractivity contribution < 1.29 is 48.1 Å². The van der Waals surface area contributed by atoms with Gasteiger partial charge in [0.05, 0.1) is 6.61 Å². The molecule has 2 N–H and O–H groups in total. The van der Waals surface area contributed by atoms with Crippen LogP contribution in [0.4, 0.5) is 0 Å². The minimum absolute atomic E-state index is 0. The summed E-state index contributed by atoms with van der Waals surface area (Å²) in [4.78, 5) is 9.03. The summed E-state index contributed by atoms with van der Waals surface area (Å²) in [5.74, 6) is 0. The van der Waals surface area contributed by atoms with Gasteiger partial charge in [-0.3, -0.25) is 4.57 Å². The van der Waals surface area contributed by atoms with Crippen molar-refractivity contribution in [2.75, 3.05) is 19.3 Å². The van der Waals surface area contributed by atoms with E-state index in [4.69, 9.17) is 15.2 Å². The molecular formula is C8H21NO3PY-. The second kappa shape index (κ2) is 10.7. The number of hydrogen-bond donors (Lipinski definition) is 1. The summed E-state index contributed by atoms with van der Waals surface area (Å²) in [5.41, 5.74) is 6.90. The van der Waals surface area contributed by atoms with E-state index in [2.05, 4.69) is 0 Å². The van der Waals surface area contributed by atoms with E-state index < -0.39 is 7.60 Å². The van der Waals surface area contributed by atoms with Gasteiger partial charge in [0.15, 0.2) is 0 Å². The molecule has 0 fully saturated rings. The van der Waals surface area contributed by atoms with Crippen molar-refractivity contribution in [3.63, 3.8) is 0 Å². The van der Waals surface area contributed by atoms with Crippen molar-refractivity contribution in [2.45, 2.75) is 32.6 Å². The largest absolute Gasteiger partial charge is 0.677 e. The Morgan fingerprint density at radius 2 is 1.93 bits per heavy atom. The molecule has 0 spiro atoms. The second-order valence-corrected chi connectivity index (χ2v) is 5.12. The fourth-order valence-electron chi connectivity index (χ4n) is 0.879. The van der Waals surface area contributed by atoms with Crippen molar-refractivity contribution in [3.8, 4) is 0 Å². The van der Waals surface area contributed by atoms with Gasteiger partial charge < -0.3 is 15.2 Å². The van der Waals surface area contributed by atoms with Crippen LogP contribution in [0.5, 0.6) is 0 Å². The predicted octanol–water partition coefficient (Wildman–Crippen LogP) is 3.06. The van der Waals surface area contributed by atoms with E-state index in [1.807, 2.05) is 0 Å². The average molecular weight is 299 g/mol. The smallest absolute Gasteiger partial charge is 0.327 e. The van der Waals surface area contributed by atoms with Crippen LogP contribution in [0.25, 0.3) is 5.73 Å². The second-order valence-electron chi connectivity index (χ2n) is 2.95. The average Bonchev–Trinajstić information content (AvgIpc) is 2.11. The fraction of sp³-hybridized carbons (Fsp3) is 1.00. The summed E-state index contributed by atoms with van der Waals surface area (Å²) in [6, 6.07) is 0. The molecule has 1 atom stereocenters. The van der Waals surface area contributed by atoms with Crippen LogP contribution >= 0.6 is 7.60 Å². The van der Waals surface area contributed by atoms with Crippen LogP contribution in [0, 0.1) is 0 Å². The van der Waals surface area contributed by atoms with Gasteiger partial charge in [0.25, 0.3) is 0 Å². The summed E-state index contributed by atoms with van der Waals surface area (Å²) < 4.78 is 15.8. The Morgan fingerprint density at radius 1 is 1.36 bits per heavy atom. The Balaban J connectivity index is -0.000000720. The number of unbranched alkanes of at least 4 members (excludes halogenated alkanes) is 3. The van der Waals surface area contributed by atoms with E-state index in [0.29, 0.717) is 13.2 Å². The van der Waals surface area contributed by atoms with Gasteiger partial charge in [-0.1, -0.05) is 26.2 Å². The molecule has 0 aliphatic rings. The zero-order valence-electron chi connectivity index (χ0n) is 8.74. The van der Waals surface area contributed by atoms with E-state index in [1.165, 1.54) is 0 Å². The van der Waals surface area contributed by atoms with E-state index in [9.17, 15) is 4.57 Å². The van der Waals surface area contributed by atoms with E-state index in [0.717, 1.165) is 25.7 Å². The van der Waals surface area contributed by atoms with Crippen molar-refractivity contribution in [2.24, 2.45) is 0 Å². The molecule has 0 bridgehead atoms. The number of hydrogen-bond acceptors (Lipinski definition) is 2. The standard InChI is InChI=1S/C8H19NO3P.Y.H2/c1-2-13(10,11)12-8-6-4-3-5-7-9;;/h9H,2-8H2,1H3,(H,10,11);;1H/q-1;;. The minimum Gasteiger partial charge on any atom is -0.677 e. The molecule has 1 unspecified atom stereocenters. The molecule has 0 aliphatic carbocycles. The summed E-state index contributed by atoms with van der Waals surface area (Å²) in [5, 5.41) is 0. The molecule has 85 valence electrons. The first kappa shape index (κ1) is 17.6. The van der Waals surface area contributed by atoms with Crippen molar-refractivity contribution in [3.05, 3.63) is 5.73 Å². The van der Waals surface area contributed by atoms with Crippen LogP contribution in [0.2, 0.25) is 0 Å². The molecule has 0 rings (SSSR count). The normalized spacial score (nSPS) is 14.5. The third-order valence-corrected chi connectivity index (χ3v) is 3.15. The molecule has 1 radical (unpaired) electrons. The van der Waals surface area contributed by atoms with Gasteiger partial charge in [-0.05, 0) is 6.42 Å². The maximum absolute atomic E-state index is 11.0. The van der Waals surface area contributed by atoms with E-state index >= 15 is 0 Å². The minimum atomic E-state index is -3.27. The molecule has 0 aliphatic heterocycles. The van der Waals surface area contributed by atoms with Crippen LogP contribution in [-0.4, -0.2) is 24.2 Å². The summed E-state index contributed by atoms with van der Waals surface area (Å²) in [7, 11) is -3.27. The Labute approximate surface area is 113 Å². The summed E-state index contributed by atoms with van der Waals surface area (Å²) in [6.07, 6.45) is 3.88. The molecule has 4 nitrogen and oxygen atoms in total. The van der Waals surface area contributed by atoms with Gasteiger partial charge in [0.1, 0.15) is 0 Å². The molecule has 0 aromatic carbocycles. The molecule has 0 amide bonds. The number of rotatable bonds is 8. The fourth-order valence-corrected chi connectivity index (χ4v) is 1.48. The molecule has 14 heavy (non-hydrogen) atoms. The molecule has 6 heteroatoms. The van der Waals surface area contributed by atoms with Gasteiger partial charge in [0, 0.05) is 40.3 Å². The van der Waals surface area contributed by atoms with E-state index in [1.54, 1.807) is 6.92 Å². The monoisotopic (exact) mass is 299 g/mol. The van der Waals surface area contributed by atoms with Gasteiger partial charge in [0.2, 0.25) is 0 Å². The third-order valence-electron chi connectivity index (χ3n) is 1.76. The first-order valence-corrected chi connectivity index (χ1v) is 6.49. The SMILES string of the molecule is CCP(=O)(O)OCCCCCC[NH-].[HH].[Y]. The maximum atomic E-state index is 11.0. The van der Waals surface area contributed by atoms with Gasteiger partial charge >= 0.3 is 7.60 Å². The van der Waals surface area contributed by atoms with Crippen molar-refractivity contribution in [1.82, 2.24) is 0 Å². The Bertz CT molecular complexity index is 174. The molecule has 0 heterocycles. The van der Waals surface area contributed by atoms with Crippen LogP contribution in [0.15, 0.2) is 0 Å². The van der Waals surface area contributed by atoms with Crippen LogP contribution in [0.3, 0.4) is 0 Å². The third kappa shape index (κ3) is 11.3. The first-order valence-electron chi connectivity index (χ1n) is 4.73. The van der Waals surface area contributed by atoms with Crippen LogP contribution in [-0.2, 0) is 41.8 Å². The Kier molecular flexibility index (Phi) is 13.5. The topological polar surface area (TPSA) is 70.3 Å². The molecule has 0 aromatic heterocycles. The molecule has 0 saturated heterocycles. The maximum Gasteiger partial charge on any atom is 0.327 e. The summed E-state index contributed by atoms with van der Waals surface area (Å²) >= 11 is 0. The van der Waals surface area contributed by atoms with Crippen LogP contribution in [0.1, 0.15) is 34.0 Å². The molecular weight excluding hydrogens is 278 g/mol.